The standard InChI is InChI=1S/C12H13BrClFO/c1-4-12(2,3)11(16)7-5-9(14)8(13)6-10(7)15/h5-6H,4H2,1-3H3. The molecule has 16 heavy (non-hydrogen) atoms. The Morgan fingerprint density at radius 1 is 1.50 bits per heavy atom. The third-order valence-corrected chi connectivity index (χ3v) is 3.95. The molecule has 0 atom stereocenters. The molecule has 0 saturated carbocycles. The van der Waals surface area contributed by atoms with E-state index in [2.05, 4.69) is 15.9 Å². The van der Waals surface area contributed by atoms with E-state index in [-0.39, 0.29) is 11.3 Å². The van der Waals surface area contributed by atoms with Gasteiger partial charge < -0.3 is 0 Å². The highest BCUT2D eigenvalue weighted by Crippen LogP contribution is 2.31. The summed E-state index contributed by atoms with van der Waals surface area (Å²) in [5, 5.41) is 0.344. The lowest BCUT2D eigenvalue weighted by Crippen LogP contribution is -2.24. The van der Waals surface area contributed by atoms with Crippen LogP contribution in [0.25, 0.3) is 0 Å². The zero-order valence-corrected chi connectivity index (χ0v) is 11.7. The Kier molecular flexibility index (Phi) is 4.13. The van der Waals surface area contributed by atoms with Gasteiger partial charge in [-0.3, -0.25) is 4.79 Å². The van der Waals surface area contributed by atoms with E-state index < -0.39 is 11.2 Å². The Hall–Kier alpha value is -0.410. The minimum Gasteiger partial charge on any atom is -0.293 e. The number of hydrogen-bond donors (Lipinski definition) is 0. The SMILES string of the molecule is CCC(C)(C)C(=O)c1cc(Cl)c(Br)cc1F. The third kappa shape index (κ3) is 2.64. The average molecular weight is 308 g/mol. The van der Waals surface area contributed by atoms with Crippen molar-refractivity contribution in [1.29, 1.82) is 0 Å². The molecule has 0 bridgehead atoms. The van der Waals surface area contributed by atoms with Crippen LogP contribution in [0.3, 0.4) is 0 Å². The molecule has 0 saturated heterocycles. The molecular formula is C12H13BrClFO. The van der Waals surface area contributed by atoms with Crippen LogP contribution in [0.2, 0.25) is 5.02 Å². The van der Waals surface area contributed by atoms with Gasteiger partial charge in [-0.25, -0.2) is 4.39 Å². The molecule has 1 nitrogen and oxygen atoms in total. The van der Waals surface area contributed by atoms with Crippen molar-refractivity contribution in [3.8, 4) is 0 Å². The van der Waals surface area contributed by atoms with Gasteiger partial charge in [-0.15, -0.1) is 0 Å². The highest BCUT2D eigenvalue weighted by molar-refractivity contribution is 9.10. The van der Waals surface area contributed by atoms with Crippen LogP contribution in [-0.4, -0.2) is 5.78 Å². The Morgan fingerprint density at radius 2 is 2.06 bits per heavy atom. The number of hydrogen-bond acceptors (Lipinski definition) is 1. The molecule has 0 fully saturated rings. The normalized spacial score (nSPS) is 11.6. The fraction of sp³-hybridized carbons (Fsp3) is 0.417. The summed E-state index contributed by atoms with van der Waals surface area (Å²) in [6.45, 7) is 5.49. The second-order valence-corrected chi connectivity index (χ2v) is 5.57. The lowest BCUT2D eigenvalue weighted by Gasteiger charge is -2.21. The van der Waals surface area contributed by atoms with E-state index in [1.165, 1.54) is 12.1 Å². The monoisotopic (exact) mass is 306 g/mol. The Labute approximate surface area is 108 Å². The molecule has 0 aromatic heterocycles. The summed E-state index contributed by atoms with van der Waals surface area (Å²) < 4.78 is 14.1. The van der Waals surface area contributed by atoms with Gasteiger partial charge >= 0.3 is 0 Å². The largest absolute Gasteiger partial charge is 0.293 e. The van der Waals surface area contributed by atoms with E-state index in [1.54, 1.807) is 13.8 Å². The fourth-order valence-corrected chi connectivity index (χ4v) is 1.70. The molecule has 0 aliphatic heterocycles. The van der Waals surface area contributed by atoms with Gasteiger partial charge in [0, 0.05) is 9.89 Å². The highest BCUT2D eigenvalue weighted by atomic mass is 79.9. The zero-order chi connectivity index (χ0) is 12.5. The van der Waals surface area contributed by atoms with Crippen molar-refractivity contribution >= 4 is 33.3 Å². The summed E-state index contributed by atoms with van der Waals surface area (Å²) >= 11 is 8.97. The van der Waals surface area contributed by atoms with Crippen LogP contribution in [-0.2, 0) is 0 Å². The fourth-order valence-electron chi connectivity index (χ4n) is 1.22. The molecule has 1 aromatic carbocycles. The first kappa shape index (κ1) is 13.7. The van der Waals surface area contributed by atoms with Gasteiger partial charge in [0.15, 0.2) is 5.78 Å². The van der Waals surface area contributed by atoms with Crippen molar-refractivity contribution in [2.45, 2.75) is 27.2 Å². The lowest BCUT2D eigenvalue weighted by atomic mass is 9.82. The predicted octanol–water partition coefficient (Wildman–Crippen LogP) is 4.86. The number of Topliss-reactive ketones (excluding diaryl/α,β-unsaturated/α-hetero) is 1. The molecule has 0 aliphatic rings. The van der Waals surface area contributed by atoms with Crippen LogP contribution < -0.4 is 0 Å². The topological polar surface area (TPSA) is 17.1 Å². The Balaban J connectivity index is 3.25. The Bertz CT molecular complexity index is 429. The molecule has 1 aromatic rings. The van der Waals surface area contributed by atoms with Crippen LogP contribution in [0.5, 0.6) is 0 Å². The molecule has 0 spiro atoms. The molecule has 4 heteroatoms. The number of halogens is 3. The summed E-state index contributed by atoms with van der Waals surface area (Å²) in [6, 6.07) is 2.60. The number of carbonyl (C=O) groups excluding carboxylic acids is 1. The van der Waals surface area contributed by atoms with Crippen LogP contribution >= 0.6 is 27.5 Å². The minimum atomic E-state index is -0.571. The van der Waals surface area contributed by atoms with Crippen molar-refractivity contribution in [3.05, 3.63) is 33.0 Å². The molecule has 0 aliphatic carbocycles. The van der Waals surface area contributed by atoms with Crippen molar-refractivity contribution in [2.24, 2.45) is 5.41 Å². The maximum atomic E-state index is 13.6. The van der Waals surface area contributed by atoms with E-state index >= 15 is 0 Å². The van der Waals surface area contributed by atoms with Gasteiger partial charge in [0.2, 0.25) is 0 Å². The molecule has 88 valence electrons. The summed E-state index contributed by atoms with van der Waals surface area (Å²) in [6.07, 6.45) is 0.652. The van der Waals surface area contributed by atoms with Crippen LogP contribution in [0.1, 0.15) is 37.6 Å². The summed E-state index contributed by atoms with van der Waals surface area (Å²) in [4.78, 5) is 12.1. The van der Waals surface area contributed by atoms with Crippen molar-refractivity contribution in [2.75, 3.05) is 0 Å². The van der Waals surface area contributed by atoms with Gasteiger partial charge in [0.1, 0.15) is 5.82 Å². The first-order chi connectivity index (χ1) is 7.29. The van der Waals surface area contributed by atoms with E-state index in [4.69, 9.17) is 11.6 Å². The maximum Gasteiger partial charge on any atom is 0.171 e. The second kappa shape index (κ2) is 4.84. The van der Waals surface area contributed by atoms with E-state index in [1.807, 2.05) is 6.92 Å². The molecule has 1 rings (SSSR count). The van der Waals surface area contributed by atoms with Gasteiger partial charge in [0.25, 0.3) is 0 Å². The average Bonchev–Trinajstić information content (AvgIpc) is 2.22. The van der Waals surface area contributed by atoms with Crippen LogP contribution in [0.4, 0.5) is 4.39 Å². The van der Waals surface area contributed by atoms with E-state index in [9.17, 15) is 9.18 Å². The Morgan fingerprint density at radius 3 is 2.56 bits per heavy atom. The molecule has 0 N–H and O–H groups in total. The van der Waals surface area contributed by atoms with Gasteiger partial charge in [0.05, 0.1) is 10.6 Å². The lowest BCUT2D eigenvalue weighted by molar-refractivity contribution is 0.0828. The summed E-state index contributed by atoms with van der Waals surface area (Å²) in [7, 11) is 0. The third-order valence-electron chi connectivity index (χ3n) is 2.75. The second-order valence-electron chi connectivity index (χ2n) is 4.31. The number of benzene rings is 1. The minimum absolute atomic E-state index is 0.0556. The smallest absolute Gasteiger partial charge is 0.171 e. The molecular weight excluding hydrogens is 294 g/mol. The first-order valence-electron chi connectivity index (χ1n) is 4.99. The quantitative estimate of drug-likeness (QED) is 0.575. The van der Waals surface area contributed by atoms with Crippen molar-refractivity contribution in [1.82, 2.24) is 0 Å². The van der Waals surface area contributed by atoms with Crippen molar-refractivity contribution in [3.63, 3.8) is 0 Å². The van der Waals surface area contributed by atoms with Gasteiger partial charge in [-0.1, -0.05) is 32.4 Å². The molecule has 0 heterocycles. The van der Waals surface area contributed by atoms with Gasteiger partial charge in [-0.05, 0) is 34.5 Å². The highest BCUT2D eigenvalue weighted by Gasteiger charge is 2.29. The predicted molar refractivity (Wildman–Crippen MR) is 67.5 cm³/mol. The van der Waals surface area contributed by atoms with Gasteiger partial charge in [-0.2, -0.15) is 0 Å². The number of carbonyl (C=O) groups is 1. The van der Waals surface area contributed by atoms with Crippen LogP contribution in [0.15, 0.2) is 16.6 Å². The maximum absolute atomic E-state index is 13.6. The van der Waals surface area contributed by atoms with Crippen molar-refractivity contribution < 1.29 is 9.18 Å². The molecule has 0 amide bonds. The number of ketones is 1. The zero-order valence-electron chi connectivity index (χ0n) is 9.40. The van der Waals surface area contributed by atoms with E-state index in [0.29, 0.717) is 15.9 Å². The summed E-state index contributed by atoms with van der Waals surface area (Å²) in [5.41, 5.74) is -0.516. The first-order valence-corrected chi connectivity index (χ1v) is 6.16. The molecule has 0 unspecified atom stereocenters. The summed E-state index contributed by atoms with van der Waals surface area (Å²) in [5.74, 6) is -0.760. The number of rotatable bonds is 3. The molecule has 0 radical (unpaired) electrons. The van der Waals surface area contributed by atoms with E-state index in [0.717, 1.165) is 0 Å². The van der Waals surface area contributed by atoms with Crippen LogP contribution in [0, 0.1) is 11.2 Å².